The van der Waals surface area contributed by atoms with E-state index in [1.165, 1.54) is 12.1 Å². The number of pyridine rings is 1. The number of amides is 1. The lowest BCUT2D eigenvalue weighted by Gasteiger charge is -2.05. The van der Waals surface area contributed by atoms with Crippen molar-refractivity contribution in [2.45, 2.75) is 0 Å². The van der Waals surface area contributed by atoms with E-state index in [0.717, 1.165) is 0 Å². The van der Waals surface area contributed by atoms with E-state index in [0.29, 0.717) is 22.4 Å². The summed E-state index contributed by atoms with van der Waals surface area (Å²) in [5.74, 6) is -0.881. The molecule has 3 rings (SSSR count). The summed E-state index contributed by atoms with van der Waals surface area (Å²) < 4.78 is 18.3. The monoisotopic (exact) mass is 313 g/mol. The van der Waals surface area contributed by atoms with Crippen molar-refractivity contribution in [1.82, 2.24) is 10.1 Å². The molecule has 23 heavy (non-hydrogen) atoms. The predicted molar refractivity (Wildman–Crippen MR) is 80.8 cm³/mol. The van der Waals surface area contributed by atoms with Gasteiger partial charge in [-0.3, -0.25) is 15.1 Å². The minimum absolute atomic E-state index is 0.106. The van der Waals surface area contributed by atoms with Gasteiger partial charge >= 0.3 is 0 Å². The summed E-state index contributed by atoms with van der Waals surface area (Å²) in [6, 6.07) is 9.21. The van der Waals surface area contributed by atoms with Crippen LogP contribution in [0.1, 0.15) is 0 Å². The summed E-state index contributed by atoms with van der Waals surface area (Å²) in [7, 11) is 0. The molecule has 7 heteroatoms. The Hall–Kier alpha value is -3.06. The van der Waals surface area contributed by atoms with Gasteiger partial charge in [0.1, 0.15) is 18.1 Å². The number of carbonyl (C=O) groups excluding carboxylic acids is 1. The number of aromatic nitrogens is 2. The smallest absolute Gasteiger partial charge is 0.252 e. The highest BCUT2D eigenvalue weighted by atomic mass is 19.1. The summed E-state index contributed by atoms with van der Waals surface area (Å²) >= 11 is 0. The zero-order valence-corrected chi connectivity index (χ0v) is 11.9. The molecule has 0 aliphatic carbocycles. The van der Waals surface area contributed by atoms with Crippen molar-refractivity contribution in [3.8, 4) is 22.4 Å². The van der Waals surface area contributed by atoms with Crippen LogP contribution in [-0.4, -0.2) is 27.8 Å². The number of aliphatic hydroxyl groups excluding tert-OH is 1. The molecular weight excluding hydrogens is 301 g/mol. The van der Waals surface area contributed by atoms with E-state index in [1.807, 2.05) is 0 Å². The Balaban J connectivity index is 2.13. The minimum Gasteiger partial charge on any atom is -0.387 e. The van der Waals surface area contributed by atoms with Crippen LogP contribution in [0.4, 0.5) is 10.3 Å². The maximum absolute atomic E-state index is 13.1. The van der Waals surface area contributed by atoms with Crippen LogP contribution < -0.4 is 5.32 Å². The van der Waals surface area contributed by atoms with Gasteiger partial charge in [0.05, 0.1) is 5.56 Å². The molecule has 2 heterocycles. The number of hydrogen-bond acceptors (Lipinski definition) is 5. The first-order valence-electron chi connectivity index (χ1n) is 6.75. The molecule has 0 aliphatic heterocycles. The minimum atomic E-state index is -0.678. The van der Waals surface area contributed by atoms with Crippen molar-refractivity contribution in [3.63, 3.8) is 0 Å². The third-order valence-electron chi connectivity index (χ3n) is 3.18. The molecule has 1 amide bonds. The molecular formula is C16H12FN3O3. The molecule has 3 aromatic rings. The van der Waals surface area contributed by atoms with Crippen molar-refractivity contribution >= 4 is 11.8 Å². The Bertz CT molecular complexity index is 816. The molecule has 0 fully saturated rings. The van der Waals surface area contributed by atoms with Crippen molar-refractivity contribution in [2.24, 2.45) is 0 Å². The highest BCUT2D eigenvalue weighted by molar-refractivity contribution is 5.97. The van der Waals surface area contributed by atoms with Crippen LogP contribution >= 0.6 is 0 Å². The zero-order valence-electron chi connectivity index (χ0n) is 11.9. The molecule has 1 aromatic carbocycles. The van der Waals surface area contributed by atoms with E-state index < -0.39 is 12.5 Å². The van der Waals surface area contributed by atoms with Gasteiger partial charge in [0.15, 0.2) is 0 Å². The average Bonchev–Trinajstić information content (AvgIpc) is 2.99. The normalized spacial score (nSPS) is 10.5. The maximum atomic E-state index is 13.1. The maximum Gasteiger partial charge on any atom is 0.252 e. The van der Waals surface area contributed by atoms with Gasteiger partial charge < -0.3 is 9.63 Å². The molecule has 0 bridgehead atoms. The van der Waals surface area contributed by atoms with Crippen LogP contribution in [0.15, 0.2) is 53.3 Å². The number of rotatable bonds is 4. The molecule has 0 saturated carbocycles. The summed E-state index contributed by atoms with van der Waals surface area (Å²) in [5.41, 5.74) is 2.32. The van der Waals surface area contributed by atoms with Crippen molar-refractivity contribution in [1.29, 1.82) is 0 Å². The fraction of sp³-hybridized carbons (Fsp3) is 0.0625. The Morgan fingerprint density at radius 2 is 1.83 bits per heavy atom. The van der Waals surface area contributed by atoms with Gasteiger partial charge in [0, 0.05) is 18.0 Å². The molecule has 0 unspecified atom stereocenters. The van der Waals surface area contributed by atoms with E-state index in [2.05, 4.69) is 15.5 Å². The third kappa shape index (κ3) is 3.09. The fourth-order valence-corrected chi connectivity index (χ4v) is 2.13. The van der Waals surface area contributed by atoms with Gasteiger partial charge in [-0.1, -0.05) is 5.16 Å². The summed E-state index contributed by atoms with van der Waals surface area (Å²) in [5, 5.41) is 15.3. The number of carbonyl (C=O) groups is 1. The second-order valence-corrected chi connectivity index (χ2v) is 4.68. The van der Waals surface area contributed by atoms with Crippen LogP contribution in [-0.2, 0) is 4.79 Å². The number of hydrogen-bond donors (Lipinski definition) is 2. The fourth-order valence-electron chi connectivity index (χ4n) is 2.13. The van der Waals surface area contributed by atoms with Gasteiger partial charge in [-0.05, 0) is 42.0 Å². The number of nitrogens with zero attached hydrogens (tertiary/aromatic N) is 2. The molecule has 0 atom stereocenters. The van der Waals surface area contributed by atoms with Gasteiger partial charge in [-0.25, -0.2) is 4.39 Å². The first kappa shape index (κ1) is 14.9. The molecule has 0 aliphatic rings. The van der Waals surface area contributed by atoms with Crippen LogP contribution in [0.25, 0.3) is 22.4 Å². The molecule has 6 nitrogen and oxygen atoms in total. The highest BCUT2D eigenvalue weighted by Gasteiger charge is 2.20. The van der Waals surface area contributed by atoms with Crippen LogP contribution in [0.3, 0.4) is 0 Å². The molecule has 2 N–H and O–H groups in total. The number of nitrogens with one attached hydrogen (secondary N) is 1. The van der Waals surface area contributed by atoms with Gasteiger partial charge in [-0.15, -0.1) is 0 Å². The van der Waals surface area contributed by atoms with Crippen LogP contribution in [0, 0.1) is 5.82 Å². The summed E-state index contributed by atoms with van der Waals surface area (Å²) in [6.45, 7) is -0.678. The predicted octanol–water partition coefficient (Wildman–Crippen LogP) is 2.47. The molecule has 2 aromatic heterocycles. The second kappa shape index (κ2) is 6.37. The van der Waals surface area contributed by atoms with E-state index in [-0.39, 0.29) is 11.7 Å². The first-order valence-corrected chi connectivity index (χ1v) is 6.75. The lowest BCUT2D eigenvalue weighted by atomic mass is 10.0. The number of anilines is 1. The van der Waals surface area contributed by atoms with E-state index in [9.17, 15) is 9.18 Å². The molecule has 0 spiro atoms. The quantitative estimate of drug-likeness (QED) is 0.772. The van der Waals surface area contributed by atoms with Gasteiger partial charge in [0.2, 0.25) is 5.88 Å². The zero-order chi connectivity index (χ0) is 16.2. The van der Waals surface area contributed by atoms with E-state index in [1.54, 1.807) is 36.7 Å². The highest BCUT2D eigenvalue weighted by Crippen LogP contribution is 2.37. The Kier molecular flexibility index (Phi) is 4.11. The third-order valence-corrected chi connectivity index (χ3v) is 3.18. The van der Waals surface area contributed by atoms with Gasteiger partial charge in [-0.2, -0.15) is 0 Å². The average molecular weight is 313 g/mol. The van der Waals surface area contributed by atoms with Crippen molar-refractivity contribution in [3.05, 3.63) is 54.6 Å². The lowest BCUT2D eigenvalue weighted by molar-refractivity contribution is -0.118. The number of aliphatic hydroxyl groups is 1. The lowest BCUT2D eigenvalue weighted by Crippen LogP contribution is -2.15. The summed E-state index contributed by atoms with van der Waals surface area (Å²) in [6.07, 6.45) is 3.18. The van der Waals surface area contributed by atoms with E-state index in [4.69, 9.17) is 9.63 Å². The Labute approximate surface area is 130 Å². The standard InChI is InChI=1S/C16H12FN3O3/c17-12-3-1-11(2-4-12)15-14(10-5-7-18-8-6-10)16(23-20-15)19-13(22)9-21/h1-8,21H,9H2,(H,19,22). The topological polar surface area (TPSA) is 88.2 Å². The van der Waals surface area contributed by atoms with Crippen molar-refractivity contribution < 1.29 is 18.8 Å². The molecule has 116 valence electrons. The SMILES string of the molecule is O=C(CO)Nc1onc(-c2ccc(F)cc2)c1-c1ccncc1. The number of benzene rings is 1. The first-order chi connectivity index (χ1) is 11.2. The van der Waals surface area contributed by atoms with Crippen LogP contribution in [0.2, 0.25) is 0 Å². The van der Waals surface area contributed by atoms with Crippen LogP contribution in [0.5, 0.6) is 0 Å². The Morgan fingerprint density at radius 1 is 1.13 bits per heavy atom. The van der Waals surface area contributed by atoms with Crippen molar-refractivity contribution in [2.75, 3.05) is 11.9 Å². The second-order valence-electron chi connectivity index (χ2n) is 4.68. The molecule has 0 saturated heterocycles. The summed E-state index contributed by atoms with van der Waals surface area (Å²) in [4.78, 5) is 15.4. The largest absolute Gasteiger partial charge is 0.387 e. The Morgan fingerprint density at radius 3 is 2.48 bits per heavy atom. The van der Waals surface area contributed by atoms with Gasteiger partial charge in [0.25, 0.3) is 5.91 Å². The number of halogens is 1. The molecule has 0 radical (unpaired) electrons. The van der Waals surface area contributed by atoms with E-state index >= 15 is 0 Å².